The lowest BCUT2D eigenvalue weighted by molar-refractivity contribution is 0.100. The number of rotatable bonds is 5. The van der Waals surface area contributed by atoms with Crippen molar-refractivity contribution in [1.82, 2.24) is 0 Å². The zero-order valence-corrected chi connectivity index (χ0v) is 11.5. The monoisotopic (exact) mass is 269 g/mol. The van der Waals surface area contributed by atoms with Gasteiger partial charge in [-0.15, -0.1) is 0 Å². The summed E-state index contributed by atoms with van der Waals surface area (Å²) in [5, 5.41) is 3.35. The quantitative estimate of drug-likeness (QED) is 0.729. The highest BCUT2D eigenvalue weighted by atomic mass is 16.1. The predicted octanol–water partition coefficient (Wildman–Crippen LogP) is 2.41. The van der Waals surface area contributed by atoms with Crippen LogP contribution >= 0.6 is 0 Å². The Morgan fingerprint density at radius 3 is 2.50 bits per heavy atom. The van der Waals surface area contributed by atoms with E-state index in [0.717, 1.165) is 12.1 Å². The number of primary amides is 1. The van der Waals surface area contributed by atoms with Crippen LogP contribution in [0, 0.1) is 0 Å². The first-order valence-corrected chi connectivity index (χ1v) is 6.56. The maximum Gasteiger partial charge on any atom is 0.248 e. The molecule has 0 heterocycles. The highest BCUT2D eigenvalue weighted by molar-refractivity contribution is 5.94. The molecule has 0 aliphatic carbocycles. The fourth-order valence-electron chi connectivity index (χ4n) is 2.13. The van der Waals surface area contributed by atoms with Crippen LogP contribution in [-0.2, 0) is 6.42 Å². The van der Waals surface area contributed by atoms with E-state index in [2.05, 4.69) is 24.4 Å². The van der Waals surface area contributed by atoms with Crippen LogP contribution in [0.25, 0.3) is 0 Å². The molecular formula is C16H19N3O. The summed E-state index contributed by atoms with van der Waals surface area (Å²) >= 11 is 0. The number of hydrogen-bond donors (Lipinski definition) is 3. The molecule has 0 saturated heterocycles. The van der Waals surface area contributed by atoms with Crippen LogP contribution in [0.2, 0.25) is 0 Å². The lowest BCUT2D eigenvalue weighted by Crippen LogP contribution is -2.19. The minimum atomic E-state index is -0.472. The molecule has 1 amide bonds. The van der Waals surface area contributed by atoms with Gasteiger partial charge in [-0.2, -0.15) is 0 Å². The van der Waals surface area contributed by atoms with Crippen molar-refractivity contribution >= 4 is 17.3 Å². The van der Waals surface area contributed by atoms with Crippen molar-refractivity contribution in [3.05, 3.63) is 59.7 Å². The summed E-state index contributed by atoms with van der Waals surface area (Å²) in [6.07, 6.45) is 0.901. The van der Waals surface area contributed by atoms with Crippen molar-refractivity contribution in [2.45, 2.75) is 19.4 Å². The van der Waals surface area contributed by atoms with Gasteiger partial charge in [0.15, 0.2) is 0 Å². The summed E-state index contributed by atoms with van der Waals surface area (Å²) in [5.41, 5.74) is 14.2. The molecule has 2 aromatic carbocycles. The summed E-state index contributed by atoms with van der Waals surface area (Å²) in [7, 11) is 0. The van der Waals surface area contributed by atoms with Gasteiger partial charge in [0.1, 0.15) is 0 Å². The largest absolute Gasteiger partial charge is 0.397 e. The van der Waals surface area contributed by atoms with Crippen molar-refractivity contribution in [1.29, 1.82) is 0 Å². The zero-order chi connectivity index (χ0) is 14.5. The molecule has 104 valence electrons. The van der Waals surface area contributed by atoms with Crippen LogP contribution in [-0.4, -0.2) is 11.9 Å². The van der Waals surface area contributed by atoms with Crippen molar-refractivity contribution in [3.8, 4) is 0 Å². The molecule has 4 nitrogen and oxygen atoms in total. The summed E-state index contributed by atoms with van der Waals surface area (Å²) in [4.78, 5) is 11.1. The second kappa shape index (κ2) is 6.10. The molecule has 0 saturated carbocycles. The average Bonchev–Trinajstić information content (AvgIpc) is 2.42. The Hall–Kier alpha value is -2.49. The Morgan fingerprint density at radius 2 is 1.90 bits per heavy atom. The van der Waals surface area contributed by atoms with E-state index in [0.29, 0.717) is 11.3 Å². The molecule has 0 aromatic heterocycles. The number of anilines is 2. The van der Waals surface area contributed by atoms with E-state index >= 15 is 0 Å². The van der Waals surface area contributed by atoms with Gasteiger partial charge in [-0.05, 0) is 37.1 Å². The summed E-state index contributed by atoms with van der Waals surface area (Å²) < 4.78 is 0. The van der Waals surface area contributed by atoms with E-state index in [-0.39, 0.29) is 6.04 Å². The number of hydrogen-bond acceptors (Lipinski definition) is 3. The first-order valence-electron chi connectivity index (χ1n) is 6.56. The third-order valence-electron chi connectivity index (χ3n) is 3.12. The highest BCUT2D eigenvalue weighted by Crippen LogP contribution is 2.21. The first-order chi connectivity index (χ1) is 9.56. The topological polar surface area (TPSA) is 81.1 Å². The molecule has 20 heavy (non-hydrogen) atoms. The molecule has 0 spiro atoms. The molecule has 2 aromatic rings. The van der Waals surface area contributed by atoms with E-state index < -0.39 is 5.91 Å². The second-order valence-corrected chi connectivity index (χ2v) is 4.90. The van der Waals surface area contributed by atoms with Gasteiger partial charge < -0.3 is 16.8 Å². The van der Waals surface area contributed by atoms with Crippen molar-refractivity contribution in [3.63, 3.8) is 0 Å². The van der Waals surface area contributed by atoms with Gasteiger partial charge in [0, 0.05) is 11.6 Å². The molecule has 4 heteroatoms. The van der Waals surface area contributed by atoms with Crippen LogP contribution in [0.3, 0.4) is 0 Å². The maximum absolute atomic E-state index is 11.1. The molecule has 2 rings (SSSR count). The predicted molar refractivity (Wildman–Crippen MR) is 82.6 cm³/mol. The third-order valence-corrected chi connectivity index (χ3v) is 3.12. The molecule has 0 radical (unpaired) electrons. The molecule has 1 atom stereocenters. The van der Waals surface area contributed by atoms with E-state index in [1.54, 1.807) is 18.2 Å². The summed E-state index contributed by atoms with van der Waals surface area (Å²) in [6.45, 7) is 2.09. The lowest BCUT2D eigenvalue weighted by atomic mass is 10.1. The molecule has 0 aliphatic rings. The van der Waals surface area contributed by atoms with Crippen molar-refractivity contribution < 1.29 is 4.79 Å². The van der Waals surface area contributed by atoms with Gasteiger partial charge in [-0.3, -0.25) is 4.79 Å². The van der Waals surface area contributed by atoms with E-state index in [1.807, 2.05) is 18.2 Å². The van der Waals surface area contributed by atoms with E-state index in [9.17, 15) is 4.79 Å². The fraction of sp³-hybridized carbons (Fsp3) is 0.188. The standard InChI is InChI=1S/C16H19N3O/c1-11(9-12-5-3-2-4-6-12)19-15-8-7-13(16(18)20)10-14(15)17/h2-8,10-11,19H,9,17H2,1H3,(H2,18,20). The van der Waals surface area contributed by atoms with Crippen LogP contribution < -0.4 is 16.8 Å². The van der Waals surface area contributed by atoms with Gasteiger partial charge in [0.2, 0.25) is 5.91 Å². The highest BCUT2D eigenvalue weighted by Gasteiger charge is 2.08. The number of benzene rings is 2. The smallest absolute Gasteiger partial charge is 0.248 e. The SMILES string of the molecule is CC(Cc1ccccc1)Nc1ccc(C(N)=O)cc1N. The number of nitrogens with two attached hydrogens (primary N) is 2. The number of carbonyl (C=O) groups is 1. The first kappa shape index (κ1) is 13.9. The minimum absolute atomic E-state index is 0.235. The Balaban J connectivity index is 2.04. The van der Waals surface area contributed by atoms with Crippen molar-refractivity contribution in [2.24, 2.45) is 5.73 Å². The molecule has 1 unspecified atom stereocenters. The number of nitrogen functional groups attached to an aromatic ring is 1. The normalized spacial score (nSPS) is 11.8. The molecule has 0 bridgehead atoms. The molecular weight excluding hydrogens is 250 g/mol. The lowest BCUT2D eigenvalue weighted by Gasteiger charge is -2.17. The van der Waals surface area contributed by atoms with Crippen molar-refractivity contribution in [2.75, 3.05) is 11.1 Å². The van der Waals surface area contributed by atoms with Gasteiger partial charge in [0.05, 0.1) is 11.4 Å². The van der Waals surface area contributed by atoms with Crippen LogP contribution in [0.5, 0.6) is 0 Å². The van der Waals surface area contributed by atoms with E-state index in [1.165, 1.54) is 5.56 Å². The van der Waals surface area contributed by atoms with Crippen LogP contribution in [0.4, 0.5) is 11.4 Å². The van der Waals surface area contributed by atoms with Crippen LogP contribution in [0.1, 0.15) is 22.8 Å². The van der Waals surface area contributed by atoms with E-state index in [4.69, 9.17) is 11.5 Å². The fourth-order valence-corrected chi connectivity index (χ4v) is 2.13. The summed E-state index contributed by atoms with van der Waals surface area (Å²) in [5.74, 6) is -0.472. The number of carbonyl (C=O) groups excluding carboxylic acids is 1. The molecule has 5 N–H and O–H groups in total. The number of amides is 1. The Bertz CT molecular complexity index is 596. The van der Waals surface area contributed by atoms with Gasteiger partial charge >= 0.3 is 0 Å². The zero-order valence-electron chi connectivity index (χ0n) is 11.5. The number of nitrogens with one attached hydrogen (secondary N) is 1. The molecule has 0 aliphatic heterocycles. The van der Waals surface area contributed by atoms with Gasteiger partial charge in [-0.25, -0.2) is 0 Å². The van der Waals surface area contributed by atoms with Gasteiger partial charge in [0.25, 0.3) is 0 Å². The Morgan fingerprint density at radius 1 is 1.20 bits per heavy atom. The minimum Gasteiger partial charge on any atom is -0.397 e. The van der Waals surface area contributed by atoms with Crippen LogP contribution in [0.15, 0.2) is 48.5 Å². The average molecular weight is 269 g/mol. The van der Waals surface area contributed by atoms with Gasteiger partial charge in [-0.1, -0.05) is 30.3 Å². The second-order valence-electron chi connectivity index (χ2n) is 4.90. The Kier molecular flexibility index (Phi) is 4.25. The maximum atomic E-state index is 11.1. The summed E-state index contributed by atoms with van der Waals surface area (Å²) in [6, 6.07) is 15.5. The molecule has 0 fully saturated rings. The third kappa shape index (κ3) is 3.51. The Labute approximate surface area is 118 Å².